The highest BCUT2D eigenvalue weighted by Gasteiger charge is 2.26. The van der Waals surface area contributed by atoms with Crippen LogP contribution in [0.1, 0.15) is 27.0 Å². The Labute approximate surface area is 199 Å². The second-order valence-electron chi connectivity index (χ2n) is 8.93. The second kappa shape index (κ2) is 8.82. The van der Waals surface area contributed by atoms with Gasteiger partial charge in [0.05, 0.1) is 10.9 Å². The van der Waals surface area contributed by atoms with E-state index in [1.165, 1.54) is 16.8 Å². The molecule has 172 valence electrons. The summed E-state index contributed by atoms with van der Waals surface area (Å²) in [7, 11) is 0. The van der Waals surface area contributed by atoms with Crippen molar-refractivity contribution in [1.82, 2.24) is 4.90 Å². The third-order valence-electron chi connectivity index (χ3n) is 6.89. The third kappa shape index (κ3) is 3.77. The molecule has 3 aromatic carbocycles. The molecule has 0 unspecified atom stereocenters. The lowest BCUT2D eigenvalue weighted by Crippen LogP contribution is -2.49. The van der Waals surface area contributed by atoms with Gasteiger partial charge < -0.3 is 14.2 Å². The maximum Gasteiger partial charge on any atom is 0.257 e. The molecule has 0 saturated carbocycles. The first-order chi connectivity index (χ1) is 16.5. The maximum atomic E-state index is 13.6. The Kier molecular flexibility index (Phi) is 5.70. The molecule has 4 aromatic rings. The second-order valence-corrected chi connectivity index (χ2v) is 8.93. The summed E-state index contributed by atoms with van der Waals surface area (Å²) in [5.41, 5.74) is 5.84. The van der Waals surface area contributed by atoms with Gasteiger partial charge in [0.25, 0.3) is 5.91 Å². The molecule has 1 fully saturated rings. The molecule has 5 nitrogen and oxygen atoms in total. The minimum atomic E-state index is -0.102. The molecule has 0 radical (unpaired) electrons. The Bertz CT molecular complexity index is 1430. The minimum absolute atomic E-state index is 0.0998. The summed E-state index contributed by atoms with van der Waals surface area (Å²) >= 11 is 0. The van der Waals surface area contributed by atoms with Crippen LogP contribution in [0, 0.1) is 20.8 Å². The zero-order chi connectivity index (χ0) is 23.8. The summed E-state index contributed by atoms with van der Waals surface area (Å²) < 4.78 is 6.26. The number of hydrogen-bond donors (Lipinski definition) is 0. The molecule has 1 aliphatic heterocycles. The Morgan fingerprint density at radius 1 is 0.794 bits per heavy atom. The van der Waals surface area contributed by atoms with E-state index < -0.39 is 0 Å². The van der Waals surface area contributed by atoms with Gasteiger partial charge in [-0.2, -0.15) is 0 Å². The van der Waals surface area contributed by atoms with Crippen LogP contribution in [0.25, 0.3) is 22.3 Å². The van der Waals surface area contributed by atoms with Crippen molar-refractivity contribution in [1.29, 1.82) is 0 Å². The van der Waals surface area contributed by atoms with Crippen molar-refractivity contribution >= 4 is 22.6 Å². The minimum Gasteiger partial charge on any atom is -0.455 e. The summed E-state index contributed by atoms with van der Waals surface area (Å²) in [4.78, 5) is 30.9. The first-order valence-corrected chi connectivity index (χ1v) is 11.7. The van der Waals surface area contributed by atoms with Crippen LogP contribution in [-0.4, -0.2) is 37.0 Å². The van der Waals surface area contributed by atoms with Crippen molar-refractivity contribution in [2.24, 2.45) is 0 Å². The number of amides is 1. The zero-order valence-corrected chi connectivity index (χ0v) is 19.8. The smallest absolute Gasteiger partial charge is 0.257 e. The van der Waals surface area contributed by atoms with Crippen molar-refractivity contribution in [3.8, 4) is 11.3 Å². The van der Waals surface area contributed by atoms with Crippen molar-refractivity contribution in [3.05, 3.63) is 99.2 Å². The van der Waals surface area contributed by atoms with Gasteiger partial charge in [-0.25, -0.2) is 0 Å². The van der Waals surface area contributed by atoms with Gasteiger partial charge in [-0.3, -0.25) is 9.59 Å². The highest BCUT2D eigenvalue weighted by atomic mass is 16.3. The van der Waals surface area contributed by atoms with E-state index in [4.69, 9.17) is 4.42 Å². The molecule has 5 heteroatoms. The first kappa shape index (κ1) is 22.0. The van der Waals surface area contributed by atoms with E-state index in [1.807, 2.05) is 35.2 Å². The van der Waals surface area contributed by atoms with Crippen LogP contribution in [0.5, 0.6) is 0 Å². The predicted molar refractivity (Wildman–Crippen MR) is 137 cm³/mol. The summed E-state index contributed by atoms with van der Waals surface area (Å²) in [5, 5.41) is 0.442. The standard InChI is InChI=1S/C29H28N2O3/c1-19-9-7-14-25(20(19)2)30-15-17-31(18-16-30)29(33)24-13-8-12-23-26(32)21(3)27(34-28(23)24)22-10-5-4-6-11-22/h4-14H,15-18H2,1-3H3. The number of nitrogens with zero attached hydrogens (tertiary/aromatic N) is 2. The molecule has 0 bridgehead atoms. The molecule has 1 saturated heterocycles. The average molecular weight is 453 g/mol. The molecule has 1 amide bonds. The van der Waals surface area contributed by atoms with Crippen LogP contribution in [0.3, 0.4) is 0 Å². The molecule has 0 aliphatic carbocycles. The van der Waals surface area contributed by atoms with E-state index in [9.17, 15) is 9.59 Å². The van der Waals surface area contributed by atoms with Crippen LogP contribution >= 0.6 is 0 Å². The number of aryl methyl sites for hydroxylation is 1. The van der Waals surface area contributed by atoms with Gasteiger partial charge >= 0.3 is 0 Å². The Morgan fingerprint density at radius 2 is 1.50 bits per heavy atom. The van der Waals surface area contributed by atoms with Crippen molar-refractivity contribution in [2.45, 2.75) is 20.8 Å². The zero-order valence-electron chi connectivity index (χ0n) is 19.8. The summed E-state index contributed by atoms with van der Waals surface area (Å²) in [6.07, 6.45) is 0. The van der Waals surface area contributed by atoms with Gasteiger partial charge in [-0.15, -0.1) is 0 Å². The topological polar surface area (TPSA) is 53.8 Å². The Balaban J connectivity index is 1.47. The fourth-order valence-corrected chi connectivity index (χ4v) is 4.74. The van der Waals surface area contributed by atoms with Gasteiger partial charge in [-0.1, -0.05) is 48.5 Å². The van der Waals surface area contributed by atoms with Gasteiger partial charge in [0, 0.05) is 43.0 Å². The van der Waals surface area contributed by atoms with E-state index in [2.05, 4.69) is 36.9 Å². The fraction of sp³-hybridized carbons (Fsp3) is 0.241. The number of carbonyl (C=O) groups is 1. The van der Waals surface area contributed by atoms with Crippen molar-refractivity contribution in [3.63, 3.8) is 0 Å². The van der Waals surface area contributed by atoms with Crippen LogP contribution < -0.4 is 10.3 Å². The van der Waals surface area contributed by atoms with E-state index >= 15 is 0 Å². The maximum absolute atomic E-state index is 13.6. The van der Waals surface area contributed by atoms with E-state index in [0.29, 0.717) is 40.9 Å². The van der Waals surface area contributed by atoms with E-state index in [0.717, 1.165) is 18.7 Å². The quantitative estimate of drug-likeness (QED) is 0.421. The van der Waals surface area contributed by atoms with Crippen molar-refractivity contribution < 1.29 is 9.21 Å². The van der Waals surface area contributed by atoms with Gasteiger partial charge in [-0.05, 0) is 50.1 Å². The lowest BCUT2D eigenvalue weighted by Gasteiger charge is -2.37. The Hall–Kier alpha value is -3.86. The van der Waals surface area contributed by atoms with Crippen LogP contribution in [-0.2, 0) is 0 Å². The number of hydrogen-bond acceptors (Lipinski definition) is 4. The molecular formula is C29H28N2O3. The third-order valence-corrected chi connectivity index (χ3v) is 6.89. The highest BCUT2D eigenvalue weighted by molar-refractivity contribution is 6.05. The number of rotatable bonds is 3. The number of benzene rings is 3. The summed E-state index contributed by atoms with van der Waals surface area (Å²) in [6, 6.07) is 21.2. The normalized spacial score (nSPS) is 14.0. The summed E-state index contributed by atoms with van der Waals surface area (Å²) in [6.45, 7) is 8.80. The highest BCUT2D eigenvalue weighted by Crippen LogP contribution is 2.29. The molecule has 1 aromatic heterocycles. The predicted octanol–water partition coefficient (Wildman–Crippen LogP) is 5.35. The number of para-hydroxylation sites is 1. The summed E-state index contributed by atoms with van der Waals surface area (Å²) in [5.74, 6) is 0.412. The SMILES string of the molecule is Cc1cccc(N2CCN(C(=O)c3cccc4c(=O)c(C)c(-c5ccccc5)oc34)CC2)c1C. The molecule has 5 rings (SSSR count). The molecule has 0 spiro atoms. The number of carbonyl (C=O) groups excluding carboxylic acids is 1. The van der Waals surface area contributed by atoms with Gasteiger partial charge in [0.2, 0.25) is 0 Å². The molecule has 2 heterocycles. The lowest BCUT2D eigenvalue weighted by atomic mass is 10.0. The van der Waals surface area contributed by atoms with Gasteiger partial charge in [0.1, 0.15) is 5.76 Å². The van der Waals surface area contributed by atoms with E-state index in [-0.39, 0.29) is 11.3 Å². The van der Waals surface area contributed by atoms with Crippen LogP contribution in [0.4, 0.5) is 5.69 Å². The number of anilines is 1. The van der Waals surface area contributed by atoms with Crippen LogP contribution in [0.15, 0.2) is 75.9 Å². The fourth-order valence-electron chi connectivity index (χ4n) is 4.74. The van der Waals surface area contributed by atoms with Gasteiger partial charge in [0.15, 0.2) is 11.0 Å². The van der Waals surface area contributed by atoms with Crippen molar-refractivity contribution in [2.75, 3.05) is 31.1 Å². The Morgan fingerprint density at radius 3 is 2.24 bits per heavy atom. The molecule has 0 N–H and O–H groups in total. The molecule has 34 heavy (non-hydrogen) atoms. The lowest BCUT2D eigenvalue weighted by molar-refractivity contribution is 0.0747. The molecule has 0 atom stereocenters. The van der Waals surface area contributed by atoms with Crippen LogP contribution in [0.2, 0.25) is 0 Å². The number of fused-ring (bicyclic) bond motifs is 1. The first-order valence-electron chi connectivity index (χ1n) is 11.7. The average Bonchev–Trinajstić information content (AvgIpc) is 2.88. The molecular weight excluding hydrogens is 424 g/mol. The monoisotopic (exact) mass is 452 g/mol. The van der Waals surface area contributed by atoms with E-state index in [1.54, 1.807) is 25.1 Å². The molecule has 1 aliphatic rings. The largest absolute Gasteiger partial charge is 0.455 e. The number of piperazine rings is 1.